The fourth-order valence-electron chi connectivity index (χ4n) is 3.50. The summed E-state index contributed by atoms with van der Waals surface area (Å²) in [4.78, 5) is 40.2. The molecule has 2 aliphatic rings. The van der Waals surface area contributed by atoms with E-state index in [0.29, 0.717) is 48.3 Å². The van der Waals surface area contributed by atoms with Crippen molar-refractivity contribution in [1.29, 1.82) is 0 Å². The van der Waals surface area contributed by atoms with Gasteiger partial charge < -0.3 is 4.74 Å². The molecule has 0 aromatic heterocycles. The van der Waals surface area contributed by atoms with E-state index in [1.807, 2.05) is 4.90 Å². The van der Waals surface area contributed by atoms with Gasteiger partial charge in [-0.2, -0.15) is 0 Å². The first-order valence-electron chi connectivity index (χ1n) is 8.65. The van der Waals surface area contributed by atoms with Gasteiger partial charge in [0.25, 0.3) is 5.91 Å². The van der Waals surface area contributed by atoms with Gasteiger partial charge in [-0.05, 0) is 51.1 Å². The van der Waals surface area contributed by atoms with E-state index in [9.17, 15) is 14.4 Å². The lowest BCUT2D eigenvalue weighted by Gasteiger charge is -2.33. The Morgan fingerprint density at radius 3 is 2.50 bits per heavy atom. The average Bonchev–Trinajstić information content (AvgIpc) is 2.92. The summed E-state index contributed by atoms with van der Waals surface area (Å²) in [6, 6.07) is 4.20. The first-order valence-corrected chi connectivity index (χ1v) is 9.40. The Morgan fingerprint density at radius 2 is 1.88 bits per heavy atom. The minimum atomic E-state index is -0.500. The molecule has 0 bridgehead atoms. The molecule has 140 valence electrons. The second-order valence-corrected chi connectivity index (χ2v) is 7.26. The van der Waals surface area contributed by atoms with Crippen molar-refractivity contribution >= 4 is 46.7 Å². The van der Waals surface area contributed by atoms with E-state index < -0.39 is 6.04 Å². The third-order valence-corrected chi connectivity index (χ3v) is 5.61. The molecule has 3 rings (SSSR count). The molecule has 1 atom stereocenters. The van der Waals surface area contributed by atoms with E-state index in [0.717, 1.165) is 0 Å². The Bertz CT molecular complexity index is 732. The number of benzene rings is 1. The molecule has 1 aromatic carbocycles. The molecule has 0 N–H and O–H groups in total. The van der Waals surface area contributed by atoms with E-state index in [1.165, 1.54) is 11.0 Å². The van der Waals surface area contributed by atoms with Crippen LogP contribution in [0.25, 0.3) is 0 Å². The maximum absolute atomic E-state index is 12.8. The Labute approximate surface area is 162 Å². The van der Waals surface area contributed by atoms with Gasteiger partial charge in [0.05, 0.1) is 40.7 Å². The summed E-state index contributed by atoms with van der Waals surface area (Å²) < 4.78 is 5.07. The summed E-state index contributed by atoms with van der Waals surface area (Å²) in [5.74, 6) is -0.836. The summed E-state index contributed by atoms with van der Waals surface area (Å²) in [5, 5.41) is 0.663. The van der Waals surface area contributed by atoms with Gasteiger partial charge in [-0.25, -0.2) is 4.90 Å². The van der Waals surface area contributed by atoms with Crippen molar-refractivity contribution in [2.45, 2.75) is 32.2 Å². The molecule has 0 unspecified atom stereocenters. The fourth-order valence-corrected chi connectivity index (χ4v) is 3.80. The summed E-state index contributed by atoms with van der Waals surface area (Å²) in [7, 11) is 0. The molecule has 0 saturated carbocycles. The highest BCUT2D eigenvalue weighted by Crippen LogP contribution is 2.32. The number of ether oxygens (including phenoxy) is 1. The number of likely N-dealkylation sites (tertiary alicyclic amines) is 1. The number of amides is 2. The van der Waals surface area contributed by atoms with E-state index in [1.54, 1.807) is 19.1 Å². The van der Waals surface area contributed by atoms with Gasteiger partial charge in [-0.1, -0.05) is 23.2 Å². The van der Waals surface area contributed by atoms with Crippen molar-refractivity contribution in [3.05, 3.63) is 28.2 Å². The number of esters is 1. The first kappa shape index (κ1) is 19.1. The van der Waals surface area contributed by atoms with Gasteiger partial charge in [-0.15, -0.1) is 0 Å². The van der Waals surface area contributed by atoms with E-state index >= 15 is 0 Å². The van der Waals surface area contributed by atoms with Gasteiger partial charge in [0.1, 0.15) is 0 Å². The van der Waals surface area contributed by atoms with Crippen LogP contribution >= 0.6 is 23.2 Å². The molecule has 0 radical (unpaired) electrons. The van der Waals surface area contributed by atoms with Crippen LogP contribution in [0.3, 0.4) is 0 Å². The highest BCUT2D eigenvalue weighted by molar-refractivity contribution is 6.42. The molecule has 6 nitrogen and oxygen atoms in total. The zero-order valence-electron chi connectivity index (χ0n) is 14.4. The number of hydrogen-bond acceptors (Lipinski definition) is 5. The van der Waals surface area contributed by atoms with Crippen LogP contribution < -0.4 is 4.90 Å². The van der Waals surface area contributed by atoms with Crippen LogP contribution in [0.5, 0.6) is 0 Å². The lowest BCUT2D eigenvalue weighted by Crippen LogP contribution is -2.47. The predicted octanol–water partition coefficient (Wildman–Crippen LogP) is 2.90. The standard InChI is InChI=1S/C18H20Cl2N2O4/c1-2-26-18(25)11-5-7-21(8-6-11)15-10-16(23)22(17(15)24)12-3-4-13(19)14(20)9-12/h3-4,9,11,15H,2,5-8,10H2,1H3/t15-/m0/s1. The number of rotatable bonds is 4. The van der Waals surface area contributed by atoms with E-state index in [2.05, 4.69) is 0 Å². The molecule has 0 aliphatic carbocycles. The van der Waals surface area contributed by atoms with E-state index in [4.69, 9.17) is 27.9 Å². The van der Waals surface area contributed by atoms with Crippen LogP contribution in [-0.2, 0) is 19.1 Å². The van der Waals surface area contributed by atoms with Crippen LogP contribution in [0.15, 0.2) is 18.2 Å². The van der Waals surface area contributed by atoms with Gasteiger partial charge in [0.15, 0.2) is 0 Å². The van der Waals surface area contributed by atoms with Crippen LogP contribution in [-0.4, -0.2) is 48.4 Å². The molecule has 2 saturated heterocycles. The van der Waals surface area contributed by atoms with Crippen molar-refractivity contribution in [1.82, 2.24) is 4.90 Å². The number of carbonyl (C=O) groups excluding carboxylic acids is 3. The fraction of sp³-hybridized carbons (Fsp3) is 0.500. The van der Waals surface area contributed by atoms with Crippen molar-refractivity contribution in [2.24, 2.45) is 5.92 Å². The summed E-state index contributed by atoms with van der Waals surface area (Å²) >= 11 is 11.9. The molecule has 2 heterocycles. The lowest BCUT2D eigenvalue weighted by molar-refractivity contribution is -0.149. The number of hydrogen-bond donors (Lipinski definition) is 0. The number of nitrogens with zero attached hydrogens (tertiary/aromatic N) is 2. The molecule has 2 aliphatic heterocycles. The summed E-state index contributed by atoms with van der Waals surface area (Å²) in [6.07, 6.45) is 1.39. The summed E-state index contributed by atoms with van der Waals surface area (Å²) in [6.45, 7) is 3.32. The molecule has 2 fully saturated rings. The van der Waals surface area contributed by atoms with Crippen LogP contribution in [0.2, 0.25) is 10.0 Å². The van der Waals surface area contributed by atoms with Crippen molar-refractivity contribution < 1.29 is 19.1 Å². The van der Waals surface area contributed by atoms with Crippen LogP contribution in [0.4, 0.5) is 5.69 Å². The quantitative estimate of drug-likeness (QED) is 0.576. The summed E-state index contributed by atoms with van der Waals surface area (Å²) in [5.41, 5.74) is 0.429. The Kier molecular flexibility index (Phi) is 5.85. The molecule has 0 spiro atoms. The normalized spacial score (nSPS) is 22.1. The van der Waals surface area contributed by atoms with E-state index in [-0.39, 0.29) is 30.1 Å². The van der Waals surface area contributed by atoms with Gasteiger partial charge in [0.2, 0.25) is 5.91 Å². The smallest absolute Gasteiger partial charge is 0.309 e. The third-order valence-electron chi connectivity index (χ3n) is 4.87. The average molecular weight is 399 g/mol. The highest BCUT2D eigenvalue weighted by atomic mass is 35.5. The number of halogens is 2. The van der Waals surface area contributed by atoms with Crippen molar-refractivity contribution in [3.8, 4) is 0 Å². The number of carbonyl (C=O) groups is 3. The van der Waals surface area contributed by atoms with Gasteiger partial charge in [-0.3, -0.25) is 19.3 Å². The Balaban J connectivity index is 1.68. The van der Waals surface area contributed by atoms with Crippen LogP contribution in [0, 0.1) is 5.92 Å². The van der Waals surface area contributed by atoms with Crippen molar-refractivity contribution in [2.75, 3.05) is 24.6 Å². The Hall–Kier alpha value is -1.63. The first-order chi connectivity index (χ1) is 12.4. The molecular formula is C18H20Cl2N2O4. The minimum Gasteiger partial charge on any atom is -0.466 e. The minimum absolute atomic E-state index is 0.128. The number of imide groups is 1. The molecule has 26 heavy (non-hydrogen) atoms. The second-order valence-electron chi connectivity index (χ2n) is 6.45. The second kappa shape index (κ2) is 7.94. The zero-order chi connectivity index (χ0) is 18.8. The van der Waals surface area contributed by atoms with Crippen LogP contribution in [0.1, 0.15) is 26.2 Å². The van der Waals surface area contributed by atoms with Gasteiger partial charge >= 0.3 is 5.97 Å². The maximum Gasteiger partial charge on any atom is 0.309 e. The maximum atomic E-state index is 12.8. The Morgan fingerprint density at radius 1 is 1.19 bits per heavy atom. The largest absolute Gasteiger partial charge is 0.466 e. The monoisotopic (exact) mass is 398 g/mol. The topological polar surface area (TPSA) is 66.9 Å². The van der Waals surface area contributed by atoms with Gasteiger partial charge in [0, 0.05) is 0 Å². The lowest BCUT2D eigenvalue weighted by atomic mass is 9.95. The molecular weight excluding hydrogens is 379 g/mol. The molecule has 2 amide bonds. The van der Waals surface area contributed by atoms with Crippen molar-refractivity contribution in [3.63, 3.8) is 0 Å². The predicted molar refractivity (Wildman–Crippen MR) is 98.3 cm³/mol. The molecule has 1 aromatic rings. The SMILES string of the molecule is CCOC(=O)C1CCN([C@H]2CC(=O)N(c3ccc(Cl)c(Cl)c3)C2=O)CC1. The molecule has 8 heteroatoms. The third kappa shape index (κ3) is 3.72. The highest BCUT2D eigenvalue weighted by Gasteiger charge is 2.44. The zero-order valence-corrected chi connectivity index (χ0v) is 15.9. The number of piperidine rings is 1. The number of anilines is 1.